The minimum Gasteiger partial charge on any atom is -0.396 e. The Morgan fingerprint density at radius 3 is 2.70 bits per heavy atom. The van der Waals surface area contributed by atoms with Gasteiger partial charge in [-0.2, -0.15) is 13.2 Å². The van der Waals surface area contributed by atoms with E-state index < -0.39 is 24.6 Å². The number of halogens is 3. The smallest absolute Gasteiger partial charge is 0.393 e. The van der Waals surface area contributed by atoms with Crippen molar-refractivity contribution in [2.24, 2.45) is 11.8 Å². The SMILES string of the molecule is OC[C@@H]1CN(c2nccc3nccn23)C[C@H]1C(F)(F)F. The molecule has 0 radical (unpaired) electrons. The molecule has 20 heavy (non-hydrogen) atoms. The van der Waals surface area contributed by atoms with E-state index >= 15 is 0 Å². The molecule has 1 fully saturated rings. The van der Waals surface area contributed by atoms with Gasteiger partial charge in [0.15, 0.2) is 0 Å². The van der Waals surface area contributed by atoms with Crippen LogP contribution >= 0.6 is 0 Å². The molecule has 0 aliphatic carbocycles. The van der Waals surface area contributed by atoms with Gasteiger partial charge in [-0.25, -0.2) is 9.97 Å². The molecule has 0 spiro atoms. The topological polar surface area (TPSA) is 53.7 Å². The Balaban J connectivity index is 1.94. The molecule has 3 heterocycles. The lowest BCUT2D eigenvalue weighted by molar-refractivity contribution is -0.181. The lowest BCUT2D eigenvalue weighted by atomic mass is 9.97. The molecule has 2 atom stereocenters. The summed E-state index contributed by atoms with van der Waals surface area (Å²) < 4.78 is 40.5. The summed E-state index contributed by atoms with van der Waals surface area (Å²) in [6, 6.07) is 1.68. The summed E-state index contributed by atoms with van der Waals surface area (Å²) in [4.78, 5) is 9.78. The minimum absolute atomic E-state index is 0.130. The van der Waals surface area contributed by atoms with E-state index in [1.54, 1.807) is 27.8 Å². The minimum atomic E-state index is -4.31. The first kappa shape index (κ1) is 13.2. The number of aliphatic hydroxyl groups is 1. The Labute approximate surface area is 112 Å². The third kappa shape index (κ3) is 2.09. The number of anilines is 1. The molecule has 0 unspecified atom stereocenters. The van der Waals surface area contributed by atoms with Crippen LogP contribution in [0.4, 0.5) is 19.1 Å². The fraction of sp³-hybridized carbons (Fsp3) is 0.500. The highest BCUT2D eigenvalue weighted by Crippen LogP contribution is 2.38. The van der Waals surface area contributed by atoms with Crippen LogP contribution in [0.1, 0.15) is 0 Å². The van der Waals surface area contributed by atoms with Crippen molar-refractivity contribution in [3.63, 3.8) is 0 Å². The molecule has 0 aromatic carbocycles. The Morgan fingerprint density at radius 1 is 1.25 bits per heavy atom. The first-order chi connectivity index (χ1) is 9.50. The standard InChI is InChI=1S/C12H13F3N4O/c13-12(14,15)9-6-18(5-8(9)7-20)11-17-2-1-10-16-3-4-19(10)11/h1-4,8-9,20H,5-7H2/t8-,9+/m0/s1. The van der Waals surface area contributed by atoms with Gasteiger partial charge in [0.25, 0.3) is 0 Å². The van der Waals surface area contributed by atoms with Gasteiger partial charge in [-0.1, -0.05) is 0 Å². The Kier molecular flexibility index (Phi) is 3.04. The van der Waals surface area contributed by atoms with Crippen LogP contribution in [0.3, 0.4) is 0 Å². The van der Waals surface area contributed by atoms with Crippen LogP contribution in [-0.4, -0.2) is 45.3 Å². The predicted octanol–water partition coefficient (Wildman–Crippen LogP) is 1.34. The van der Waals surface area contributed by atoms with Gasteiger partial charge in [-0.3, -0.25) is 4.40 Å². The molecule has 108 valence electrons. The average molecular weight is 286 g/mol. The largest absolute Gasteiger partial charge is 0.396 e. The molecular weight excluding hydrogens is 273 g/mol. The van der Waals surface area contributed by atoms with Crippen LogP contribution < -0.4 is 4.90 Å². The van der Waals surface area contributed by atoms with Crippen LogP contribution in [0.5, 0.6) is 0 Å². The fourth-order valence-corrected chi connectivity index (χ4v) is 2.66. The molecule has 1 saturated heterocycles. The van der Waals surface area contributed by atoms with Gasteiger partial charge in [0.1, 0.15) is 5.65 Å². The van der Waals surface area contributed by atoms with Crippen molar-refractivity contribution in [2.75, 3.05) is 24.6 Å². The molecule has 1 N–H and O–H groups in total. The van der Waals surface area contributed by atoms with Gasteiger partial charge in [-0.05, 0) is 6.07 Å². The van der Waals surface area contributed by atoms with Crippen molar-refractivity contribution in [3.8, 4) is 0 Å². The number of alkyl halides is 3. The van der Waals surface area contributed by atoms with Crippen LogP contribution in [0, 0.1) is 11.8 Å². The van der Waals surface area contributed by atoms with Crippen molar-refractivity contribution in [1.29, 1.82) is 0 Å². The second-order valence-electron chi connectivity index (χ2n) is 4.90. The molecule has 0 amide bonds. The Bertz CT molecular complexity index is 612. The highest BCUT2D eigenvalue weighted by molar-refractivity contribution is 5.47. The molecule has 1 aliphatic heterocycles. The molecule has 2 aromatic rings. The number of imidazole rings is 1. The number of aliphatic hydroxyl groups excluding tert-OH is 1. The third-order valence-electron chi connectivity index (χ3n) is 3.68. The number of hydrogen-bond donors (Lipinski definition) is 1. The van der Waals surface area contributed by atoms with Gasteiger partial charge >= 0.3 is 6.18 Å². The maximum Gasteiger partial charge on any atom is 0.393 e. The zero-order valence-electron chi connectivity index (χ0n) is 10.5. The predicted molar refractivity (Wildman–Crippen MR) is 65.3 cm³/mol. The number of fused-ring (bicyclic) bond motifs is 1. The monoisotopic (exact) mass is 286 g/mol. The molecule has 2 aromatic heterocycles. The first-order valence-electron chi connectivity index (χ1n) is 6.21. The summed E-state index contributed by atoms with van der Waals surface area (Å²) >= 11 is 0. The number of hydrogen-bond acceptors (Lipinski definition) is 4. The highest BCUT2D eigenvalue weighted by atomic mass is 19.4. The lowest BCUT2D eigenvalue weighted by Crippen LogP contribution is -2.31. The molecule has 0 bridgehead atoms. The summed E-state index contributed by atoms with van der Waals surface area (Å²) in [5.74, 6) is -1.94. The van der Waals surface area contributed by atoms with E-state index in [4.69, 9.17) is 0 Å². The summed E-state index contributed by atoms with van der Waals surface area (Å²) in [6.45, 7) is -0.551. The maximum atomic E-state index is 13.0. The van der Waals surface area contributed by atoms with E-state index in [9.17, 15) is 18.3 Å². The lowest BCUT2D eigenvalue weighted by Gasteiger charge is -2.19. The van der Waals surface area contributed by atoms with Gasteiger partial charge < -0.3 is 10.0 Å². The molecule has 1 aliphatic rings. The van der Waals surface area contributed by atoms with Crippen molar-refractivity contribution >= 4 is 11.6 Å². The van der Waals surface area contributed by atoms with E-state index in [1.165, 1.54) is 6.20 Å². The second-order valence-corrected chi connectivity index (χ2v) is 4.90. The van der Waals surface area contributed by atoms with Gasteiger partial charge in [0.05, 0.1) is 5.92 Å². The molecule has 8 heteroatoms. The second kappa shape index (κ2) is 4.62. The average Bonchev–Trinajstić information content (AvgIpc) is 3.03. The maximum absolute atomic E-state index is 13.0. The van der Waals surface area contributed by atoms with Gasteiger partial charge in [-0.15, -0.1) is 0 Å². The van der Waals surface area contributed by atoms with Crippen LogP contribution in [0.15, 0.2) is 24.7 Å². The molecular formula is C12H13F3N4O. The van der Waals surface area contributed by atoms with E-state index in [-0.39, 0.29) is 13.1 Å². The van der Waals surface area contributed by atoms with E-state index in [0.29, 0.717) is 11.6 Å². The number of aromatic nitrogens is 3. The van der Waals surface area contributed by atoms with E-state index in [2.05, 4.69) is 9.97 Å². The highest BCUT2D eigenvalue weighted by Gasteiger charge is 2.50. The summed E-state index contributed by atoms with van der Waals surface area (Å²) in [5, 5.41) is 9.17. The number of nitrogens with zero attached hydrogens (tertiary/aromatic N) is 4. The zero-order chi connectivity index (χ0) is 14.3. The Hall–Kier alpha value is -1.83. The molecule has 5 nitrogen and oxygen atoms in total. The third-order valence-corrected chi connectivity index (χ3v) is 3.68. The zero-order valence-corrected chi connectivity index (χ0v) is 10.5. The molecule has 0 saturated carbocycles. The number of rotatable bonds is 2. The summed E-state index contributed by atoms with van der Waals surface area (Å²) in [5.41, 5.74) is 0.631. The van der Waals surface area contributed by atoms with Gasteiger partial charge in [0.2, 0.25) is 5.95 Å². The van der Waals surface area contributed by atoms with E-state index in [1.807, 2.05) is 0 Å². The molecule has 3 rings (SSSR count). The summed E-state index contributed by atoms with van der Waals surface area (Å²) in [6.07, 6.45) is 0.436. The first-order valence-corrected chi connectivity index (χ1v) is 6.21. The fourth-order valence-electron chi connectivity index (χ4n) is 2.66. The van der Waals surface area contributed by atoms with Crippen LogP contribution in [0.25, 0.3) is 5.65 Å². The Morgan fingerprint density at radius 2 is 2.05 bits per heavy atom. The quantitative estimate of drug-likeness (QED) is 0.905. The van der Waals surface area contributed by atoms with Crippen LogP contribution in [0.2, 0.25) is 0 Å². The van der Waals surface area contributed by atoms with Crippen molar-refractivity contribution in [2.45, 2.75) is 6.18 Å². The van der Waals surface area contributed by atoms with Crippen molar-refractivity contribution < 1.29 is 18.3 Å². The summed E-state index contributed by atoms with van der Waals surface area (Å²) in [7, 11) is 0. The van der Waals surface area contributed by atoms with Crippen LogP contribution in [-0.2, 0) is 0 Å². The van der Waals surface area contributed by atoms with E-state index in [0.717, 1.165) is 0 Å². The normalized spacial score (nSPS) is 23.7. The van der Waals surface area contributed by atoms with Crippen molar-refractivity contribution in [1.82, 2.24) is 14.4 Å². The van der Waals surface area contributed by atoms with Crippen molar-refractivity contribution in [3.05, 3.63) is 24.7 Å². The van der Waals surface area contributed by atoms with Gasteiger partial charge in [0, 0.05) is 44.2 Å².